The highest BCUT2D eigenvalue weighted by atomic mass is 16.2. The van der Waals surface area contributed by atoms with Crippen molar-refractivity contribution in [2.24, 2.45) is 0 Å². The largest absolute Gasteiger partial charge is 0.323 e. The standard InChI is InChI=1S/C11H16N4O/c1-9-3-2-4-13-10(9)14-11(16)15-7-5-12-6-8-15/h2-4,12H,5-8H2,1H3,(H,13,14,16). The first-order valence-electron chi connectivity index (χ1n) is 5.45. The first-order chi connectivity index (χ1) is 7.77. The van der Waals surface area contributed by atoms with Crippen molar-refractivity contribution in [2.75, 3.05) is 31.5 Å². The minimum atomic E-state index is -0.0664. The molecule has 1 aliphatic rings. The van der Waals surface area contributed by atoms with Crippen LogP contribution in [0.2, 0.25) is 0 Å². The van der Waals surface area contributed by atoms with E-state index in [4.69, 9.17) is 0 Å². The minimum absolute atomic E-state index is 0.0664. The Morgan fingerprint density at radius 3 is 2.94 bits per heavy atom. The van der Waals surface area contributed by atoms with Gasteiger partial charge in [0.15, 0.2) is 0 Å². The van der Waals surface area contributed by atoms with Crippen molar-refractivity contribution in [1.82, 2.24) is 15.2 Å². The molecule has 0 radical (unpaired) electrons. The van der Waals surface area contributed by atoms with Gasteiger partial charge < -0.3 is 10.2 Å². The number of carbonyl (C=O) groups excluding carboxylic acids is 1. The fourth-order valence-corrected chi connectivity index (χ4v) is 1.66. The topological polar surface area (TPSA) is 57.3 Å². The van der Waals surface area contributed by atoms with Gasteiger partial charge in [-0.05, 0) is 18.6 Å². The number of anilines is 1. The summed E-state index contributed by atoms with van der Waals surface area (Å²) in [7, 11) is 0. The number of piperazine rings is 1. The molecule has 0 aromatic carbocycles. The molecule has 2 heterocycles. The molecule has 1 aromatic heterocycles. The molecule has 0 saturated carbocycles. The van der Waals surface area contributed by atoms with Gasteiger partial charge in [-0.1, -0.05) is 6.07 Å². The van der Waals surface area contributed by atoms with Gasteiger partial charge in [0, 0.05) is 32.4 Å². The van der Waals surface area contributed by atoms with Crippen molar-refractivity contribution in [3.63, 3.8) is 0 Å². The van der Waals surface area contributed by atoms with Gasteiger partial charge in [0.05, 0.1) is 0 Å². The van der Waals surface area contributed by atoms with Crippen LogP contribution in [0.3, 0.4) is 0 Å². The molecule has 0 atom stereocenters. The smallest absolute Gasteiger partial charge is 0.322 e. The Bertz CT molecular complexity index is 374. The van der Waals surface area contributed by atoms with Crippen molar-refractivity contribution in [1.29, 1.82) is 0 Å². The SMILES string of the molecule is Cc1cccnc1NC(=O)N1CCNCC1. The van der Waals surface area contributed by atoms with E-state index in [0.29, 0.717) is 5.82 Å². The maximum atomic E-state index is 11.9. The lowest BCUT2D eigenvalue weighted by molar-refractivity contribution is 0.203. The zero-order valence-corrected chi connectivity index (χ0v) is 9.36. The molecule has 0 spiro atoms. The number of aromatic nitrogens is 1. The molecule has 1 aromatic rings. The molecule has 1 saturated heterocycles. The van der Waals surface area contributed by atoms with E-state index in [-0.39, 0.29) is 6.03 Å². The summed E-state index contributed by atoms with van der Waals surface area (Å²) < 4.78 is 0. The zero-order valence-electron chi connectivity index (χ0n) is 9.36. The van der Waals surface area contributed by atoms with Crippen LogP contribution >= 0.6 is 0 Å². The summed E-state index contributed by atoms with van der Waals surface area (Å²) in [5.74, 6) is 0.644. The van der Waals surface area contributed by atoms with Crippen LogP contribution < -0.4 is 10.6 Å². The third-order valence-electron chi connectivity index (χ3n) is 2.64. The fraction of sp³-hybridized carbons (Fsp3) is 0.455. The first-order valence-corrected chi connectivity index (χ1v) is 5.45. The Labute approximate surface area is 94.9 Å². The van der Waals surface area contributed by atoms with Gasteiger partial charge in [-0.2, -0.15) is 0 Å². The van der Waals surface area contributed by atoms with Crippen LogP contribution in [-0.2, 0) is 0 Å². The van der Waals surface area contributed by atoms with Crippen LogP contribution in [0.5, 0.6) is 0 Å². The molecule has 0 unspecified atom stereocenters. The summed E-state index contributed by atoms with van der Waals surface area (Å²) >= 11 is 0. The number of nitrogens with one attached hydrogen (secondary N) is 2. The lowest BCUT2D eigenvalue weighted by Gasteiger charge is -2.27. The molecular weight excluding hydrogens is 204 g/mol. The third-order valence-corrected chi connectivity index (χ3v) is 2.64. The van der Waals surface area contributed by atoms with Crippen LogP contribution in [0.4, 0.5) is 10.6 Å². The number of hydrogen-bond donors (Lipinski definition) is 2. The number of carbonyl (C=O) groups is 1. The van der Waals surface area contributed by atoms with Crippen LogP contribution in [-0.4, -0.2) is 42.1 Å². The summed E-state index contributed by atoms with van der Waals surface area (Å²) in [6.45, 7) is 5.14. The van der Waals surface area contributed by atoms with E-state index in [9.17, 15) is 4.79 Å². The van der Waals surface area contributed by atoms with Gasteiger partial charge >= 0.3 is 6.03 Å². The predicted octanol–water partition coefficient (Wildman–Crippen LogP) is 0.827. The number of urea groups is 1. The zero-order chi connectivity index (χ0) is 11.4. The van der Waals surface area contributed by atoms with E-state index in [1.54, 1.807) is 11.1 Å². The Kier molecular flexibility index (Phi) is 3.36. The second kappa shape index (κ2) is 4.94. The third kappa shape index (κ3) is 2.49. The average Bonchev–Trinajstić information content (AvgIpc) is 2.33. The highest BCUT2D eigenvalue weighted by Gasteiger charge is 2.16. The van der Waals surface area contributed by atoms with Gasteiger partial charge in [0.2, 0.25) is 0 Å². The molecule has 0 aliphatic carbocycles. The quantitative estimate of drug-likeness (QED) is 0.737. The molecule has 2 amide bonds. The molecule has 16 heavy (non-hydrogen) atoms. The second-order valence-electron chi connectivity index (χ2n) is 3.84. The normalized spacial score (nSPS) is 15.9. The number of pyridine rings is 1. The summed E-state index contributed by atoms with van der Waals surface area (Å²) in [5, 5.41) is 6.04. The molecule has 1 fully saturated rings. The number of aryl methyl sites for hydroxylation is 1. The summed E-state index contributed by atoms with van der Waals surface area (Å²) in [5.41, 5.74) is 0.978. The van der Waals surface area contributed by atoms with Gasteiger partial charge in [-0.3, -0.25) is 5.32 Å². The Hall–Kier alpha value is -1.62. The predicted molar refractivity (Wildman–Crippen MR) is 62.4 cm³/mol. The van der Waals surface area contributed by atoms with Crippen molar-refractivity contribution in [2.45, 2.75) is 6.92 Å². The van der Waals surface area contributed by atoms with E-state index in [1.807, 2.05) is 19.1 Å². The van der Waals surface area contributed by atoms with Crippen molar-refractivity contribution < 1.29 is 4.79 Å². The molecule has 5 heteroatoms. The van der Waals surface area contributed by atoms with Crippen LogP contribution in [0, 0.1) is 6.92 Å². The van der Waals surface area contributed by atoms with Crippen LogP contribution in [0.25, 0.3) is 0 Å². The van der Waals surface area contributed by atoms with Gasteiger partial charge in [0.25, 0.3) is 0 Å². The monoisotopic (exact) mass is 220 g/mol. The van der Waals surface area contributed by atoms with E-state index < -0.39 is 0 Å². The van der Waals surface area contributed by atoms with Gasteiger partial charge in [0.1, 0.15) is 5.82 Å². The van der Waals surface area contributed by atoms with E-state index in [0.717, 1.165) is 31.7 Å². The molecule has 86 valence electrons. The lowest BCUT2D eigenvalue weighted by atomic mass is 10.3. The van der Waals surface area contributed by atoms with Crippen LogP contribution in [0.1, 0.15) is 5.56 Å². The summed E-state index contributed by atoms with van der Waals surface area (Å²) in [6, 6.07) is 3.72. The molecule has 1 aliphatic heterocycles. The molecule has 2 N–H and O–H groups in total. The van der Waals surface area contributed by atoms with Gasteiger partial charge in [-0.25, -0.2) is 9.78 Å². The molecular formula is C11H16N4O. The number of nitrogens with zero attached hydrogens (tertiary/aromatic N) is 2. The fourth-order valence-electron chi connectivity index (χ4n) is 1.66. The maximum absolute atomic E-state index is 11.9. The average molecular weight is 220 g/mol. The van der Waals surface area contributed by atoms with E-state index in [2.05, 4.69) is 15.6 Å². The lowest BCUT2D eigenvalue weighted by Crippen LogP contribution is -2.48. The summed E-state index contributed by atoms with van der Waals surface area (Å²) in [4.78, 5) is 17.8. The Morgan fingerprint density at radius 1 is 1.50 bits per heavy atom. The maximum Gasteiger partial charge on any atom is 0.323 e. The highest BCUT2D eigenvalue weighted by Crippen LogP contribution is 2.10. The molecule has 2 rings (SSSR count). The molecule has 0 bridgehead atoms. The van der Waals surface area contributed by atoms with Gasteiger partial charge in [-0.15, -0.1) is 0 Å². The number of hydrogen-bond acceptors (Lipinski definition) is 3. The Balaban J connectivity index is 1.99. The first kappa shape index (κ1) is 10.9. The van der Waals surface area contributed by atoms with E-state index >= 15 is 0 Å². The Morgan fingerprint density at radius 2 is 2.25 bits per heavy atom. The summed E-state index contributed by atoms with van der Waals surface area (Å²) in [6.07, 6.45) is 1.68. The van der Waals surface area contributed by atoms with Crippen molar-refractivity contribution in [3.05, 3.63) is 23.9 Å². The van der Waals surface area contributed by atoms with Crippen molar-refractivity contribution >= 4 is 11.8 Å². The van der Waals surface area contributed by atoms with E-state index in [1.165, 1.54) is 0 Å². The molecule has 5 nitrogen and oxygen atoms in total. The highest BCUT2D eigenvalue weighted by molar-refractivity contribution is 5.89. The number of amides is 2. The second-order valence-corrected chi connectivity index (χ2v) is 3.84. The minimum Gasteiger partial charge on any atom is -0.322 e. The van der Waals surface area contributed by atoms with Crippen molar-refractivity contribution in [3.8, 4) is 0 Å². The number of rotatable bonds is 1. The van der Waals surface area contributed by atoms with Crippen LogP contribution in [0.15, 0.2) is 18.3 Å².